The number of carbonyl (C=O) groups is 1. The van der Waals surface area contributed by atoms with Gasteiger partial charge in [0.05, 0.1) is 12.8 Å². The summed E-state index contributed by atoms with van der Waals surface area (Å²) in [6.07, 6.45) is 4.67. The van der Waals surface area contributed by atoms with E-state index >= 15 is 8.78 Å². The van der Waals surface area contributed by atoms with Crippen LogP contribution >= 0.6 is 0 Å². The van der Waals surface area contributed by atoms with Gasteiger partial charge in [-0.05, 0) is 60.4 Å². The van der Waals surface area contributed by atoms with Crippen LogP contribution in [0.1, 0.15) is 24.4 Å². The number of nitrogens with zero attached hydrogens (tertiary/aromatic N) is 6. The molecule has 1 N–H and O–H groups in total. The van der Waals surface area contributed by atoms with E-state index in [0.29, 0.717) is 30.2 Å². The van der Waals surface area contributed by atoms with Gasteiger partial charge >= 0.3 is 5.92 Å². The second-order valence-electron chi connectivity index (χ2n) is 9.02. The van der Waals surface area contributed by atoms with Crippen LogP contribution in [-0.4, -0.2) is 55.4 Å². The zero-order valence-electron chi connectivity index (χ0n) is 20.3. The fraction of sp³-hybridized carbons (Fsp3) is 0.269. The third-order valence-corrected chi connectivity index (χ3v) is 6.27. The number of fused-ring (bicyclic) bond motifs is 2. The third-order valence-electron chi connectivity index (χ3n) is 6.27. The summed E-state index contributed by atoms with van der Waals surface area (Å²) >= 11 is 0. The van der Waals surface area contributed by atoms with Crippen LogP contribution in [-0.2, 0) is 15.5 Å². The lowest BCUT2D eigenvalue weighted by Crippen LogP contribution is -2.22. The minimum atomic E-state index is -3.56. The average Bonchev–Trinajstić information content (AvgIpc) is 3.56. The number of methoxy groups -OCH3 is 1. The molecule has 1 saturated carbocycles. The smallest absolute Gasteiger partial charge is 0.350 e. The molecule has 1 aliphatic carbocycles. The number of rotatable bonds is 9. The van der Waals surface area contributed by atoms with Gasteiger partial charge in [0, 0.05) is 19.2 Å². The zero-order chi connectivity index (χ0) is 26.3. The van der Waals surface area contributed by atoms with Crippen molar-refractivity contribution in [1.82, 2.24) is 29.2 Å². The van der Waals surface area contributed by atoms with Gasteiger partial charge < -0.3 is 14.8 Å². The molecule has 12 heteroatoms. The van der Waals surface area contributed by atoms with Gasteiger partial charge in [0.25, 0.3) is 0 Å². The SMILES string of the molecule is COCCOc1ccc(-c2ccc3nnc(C(F)(F)c4ccc5nc(NC(=O)C6CC6)cn5n4)n3c2)cc1. The lowest BCUT2D eigenvalue weighted by Gasteiger charge is -2.14. The number of anilines is 1. The summed E-state index contributed by atoms with van der Waals surface area (Å²) in [6.45, 7) is 0.903. The Bertz CT molecular complexity index is 1630. The normalized spacial score (nSPS) is 13.8. The van der Waals surface area contributed by atoms with Crippen LogP contribution in [0.5, 0.6) is 5.75 Å². The van der Waals surface area contributed by atoms with Crippen LogP contribution in [0.15, 0.2) is 60.9 Å². The minimum Gasteiger partial charge on any atom is -0.491 e. The van der Waals surface area contributed by atoms with Gasteiger partial charge in [-0.25, -0.2) is 9.50 Å². The monoisotopic (exact) mass is 519 g/mol. The van der Waals surface area contributed by atoms with Gasteiger partial charge in [-0.2, -0.15) is 13.9 Å². The molecule has 10 nitrogen and oxygen atoms in total. The summed E-state index contributed by atoms with van der Waals surface area (Å²) in [5, 5.41) is 14.5. The minimum absolute atomic E-state index is 0.00838. The summed E-state index contributed by atoms with van der Waals surface area (Å²) in [5.74, 6) is -3.32. The summed E-state index contributed by atoms with van der Waals surface area (Å²) in [4.78, 5) is 16.3. The molecule has 38 heavy (non-hydrogen) atoms. The maximum absolute atomic E-state index is 15.7. The van der Waals surface area contributed by atoms with E-state index < -0.39 is 17.4 Å². The molecule has 0 unspecified atom stereocenters. The zero-order valence-corrected chi connectivity index (χ0v) is 20.3. The summed E-state index contributed by atoms with van der Waals surface area (Å²) < 4.78 is 44.5. The van der Waals surface area contributed by atoms with E-state index in [1.807, 2.05) is 24.3 Å². The van der Waals surface area contributed by atoms with Crippen molar-refractivity contribution in [2.75, 3.05) is 25.6 Å². The number of amides is 1. The van der Waals surface area contributed by atoms with Crippen molar-refractivity contribution in [3.63, 3.8) is 0 Å². The van der Waals surface area contributed by atoms with Gasteiger partial charge in [-0.1, -0.05) is 12.1 Å². The Hall–Kier alpha value is -4.45. The van der Waals surface area contributed by atoms with Crippen LogP contribution in [0.2, 0.25) is 0 Å². The number of benzene rings is 1. The first-order chi connectivity index (χ1) is 18.4. The molecule has 0 radical (unpaired) electrons. The molecule has 0 aliphatic heterocycles. The predicted molar refractivity (Wildman–Crippen MR) is 133 cm³/mol. The summed E-state index contributed by atoms with van der Waals surface area (Å²) in [5.41, 5.74) is 1.59. The van der Waals surface area contributed by atoms with Crippen LogP contribution in [0, 0.1) is 5.92 Å². The molecule has 0 spiro atoms. The van der Waals surface area contributed by atoms with Gasteiger partial charge in [-0.15, -0.1) is 10.2 Å². The van der Waals surface area contributed by atoms with E-state index in [4.69, 9.17) is 9.47 Å². The Morgan fingerprint density at radius 3 is 2.53 bits per heavy atom. The van der Waals surface area contributed by atoms with Crippen molar-refractivity contribution >= 4 is 23.0 Å². The molecule has 6 rings (SSSR count). The molecule has 4 aromatic heterocycles. The van der Waals surface area contributed by atoms with Crippen molar-refractivity contribution in [2.24, 2.45) is 5.92 Å². The molecule has 4 heterocycles. The highest BCUT2D eigenvalue weighted by Crippen LogP contribution is 2.35. The summed E-state index contributed by atoms with van der Waals surface area (Å²) in [7, 11) is 1.60. The molecule has 0 atom stereocenters. The molecule has 0 bridgehead atoms. The Morgan fingerprint density at radius 1 is 1.00 bits per heavy atom. The number of nitrogens with one attached hydrogen (secondary N) is 1. The van der Waals surface area contributed by atoms with E-state index in [-0.39, 0.29) is 23.3 Å². The quantitative estimate of drug-likeness (QED) is 0.294. The Balaban J connectivity index is 1.29. The van der Waals surface area contributed by atoms with Crippen LogP contribution in [0.3, 0.4) is 0 Å². The van der Waals surface area contributed by atoms with E-state index in [9.17, 15) is 4.79 Å². The molecular formula is C26H23F2N7O3. The Morgan fingerprint density at radius 2 is 1.76 bits per heavy atom. The molecule has 1 aliphatic rings. The number of hydrogen-bond donors (Lipinski definition) is 1. The predicted octanol–water partition coefficient (Wildman–Crippen LogP) is 3.95. The van der Waals surface area contributed by atoms with Crippen molar-refractivity contribution in [3.05, 3.63) is 72.4 Å². The third kappa shape index (κ3) is 4.54. The van der Waals surface area contributed by atoms with E-state index in [2.05, 4.69) is 25.6 Å². The standard InChI is InChI=1S/C26H23F2N7O3/c1-37-12-13-38-19-7-4-16(5-8-19)18-6-10-23-31-32-25(34(23)14-18)26(27,28)20-9-11-22-29-21(15-35(22)33-20)30-24(36)17-2-3-17/h4-11,14-15,17H,2-3,12-13H2,1H3,(H,30,36). The number of pyridine rings is 1. The number of imidazole rings is 1. The van der Waals surface area contributed by atoms with Crippen LogP contribution in [0.4, 0.5) is 14.6 Å². The van der Waals surface area contributed by atoms with Gasteiger partial charge in [-0.3, -0.25) is 9.20 Å². The van der Waals surface area contributed by atoms with Crippen molar-refractivity contribution in [1.29, 1.82) is 0 Å². The second kappa shape index (κ2) is 9.45. The molecule has 0 saturated heterocycles. The number of halogens is 2. The number of hydrogen-bond acceptors (Lipinski definition) is 7. The number of alkyl halides is 2. The Kier molecular flexibility index (Phi) is 5.95. The molecule has 5 aromatic rings. The maximum Gasteiger partial charge on any atom is 0.350 e. The van der Waals surface area contributed by atoms with Crippen LogP contribution < -0.4 is 10.1 Å². The molecule has 1 amide bonds. The van der Waals surface area contributed by atoms with Crippen molar-refractivity contribution in [3.8, 4) is 16.9 Å². The number of aromatic nitrogens is 6. The highest BCUT2D eigenvalue weighted by Gasteiger charge is 2.41. The molecule has 194 valence electrons. The van der Waals surface area contributed by atoms with Gasteiger partial charge in [0.1, 0.15) is 18.1 Å². The number of ether oxygens (including phenoxy) is 2. The van der Waals surface area contributed by atoms with Crippen molar-refractivity contribution < 1.29 is 23.0 Å². The lowest BCUT2D eigenvalue weighted by atomic mass is 10.1. The van der Waals surface area contributed by atoms with Crippen LogP contribution in [0.25, 0.3) is 22.4 Å². The summed E-state index contributed by atoms with van der Waals surface area (Å²) in [6, 6.07) is 13.4. The van der Waals surface area contributed by atoms with E-state index in [1.165, 1.54) is 27.2 Å². The van der Waals surface area contributed by atoms with E-state index in [0.717, 1.165) is 18.4 Å². The Labute approximate surface area is 215 Å². The van der Waals surface area contributed by atoms with Gasteiger partial charge in [0.15, 0.2) is 17.1 Å². The maximum atomic E-state index is 15.7. The van der Waals surface area contributed by atoms with Gasteiger partial charge in [0.2, 0.25) is 11.7 Å². The first kappa shape index (κ1) is 23.9. The lowest BCUT2D eigenvalue weighted by molar-refractivity contribution is -0.117. The highest BCUT2D eigenvalue weighted by atomic mass is 19.3. The van der Waals surface area contributed by atoms with E-state index in [1.54, 1.807) is 25.4 Å². The molecule has 1 fully saturated rings. The highest BCUT2D eigenvalue weighted by molar-refractivity contribution is 5.93. The van der Waals surface area contributed by atoms with Crippen molar-refractivity contribution in [2.45, 2.75) is 18.8 Å². The topological polar surface area (TPSA) is 108 Å². The first-order valence-corrected chi connectivity index (χ1v) is 12.1. The second-order valence-corrected chi connectivity index (χ2v) is 9.02. The number of carbonyl (C=O) groups excluding carboxylic acids is 1. The average molecular weight is 520 g/mol. The fourth-order valence-electron chi connectivity index (χ4n) is 4.06. The first-order valence-electron chi connectivity index (χ1n) is 12.1. The fourth-order valence-corrected chi connectivity index (χ4v) is 4.06. The largest absolute Gasteiger partial charge is 0.491 e. The molecular weight excluding hydrogens is 496 g/mol. The molecule has 1 aromatic carbocycles.